The molecular weight excluding hydrogens is 464 g/mol. The second kappa shape index (κ2) is 13.4. The predicted octanol–water partition coefficient (Wildman–Crippen LogP) is 4.19. The van der Waals surface area contributed by atoms with Crippen LogP contribution in [0.2, 0.25) is 5.02 Å². The van der Waals surface area contributed by atoms with E-state index in [0.29, 0.717) is 17.2 Å². The van der Waals surface area contributed by atoms with E-state index in [0.717, 1.165) is 42.1 Å². The minimum Gasteiger partial charge on any atom is -0.478 e. The number of carboxylic acids is 2. The maximum absolute atomic E-state index is 11.8. The monoisotopic (exact) mass is 488 g/mol. The van der Waals surface area contributed by atoms with Crippen LogP contribution in [0.25, 0.3) is 11.3 Å². The van der Waals surface area contributed by atoms with E-state index in [2.05, 4.69) is 41.2 Å². The highest BCUT2D eigenvalue weighted by Crippen LogP contribution is 2.25. The maximum Gasteiger partial charge on any atom is 0.328 e. The summed E-state index contributed by atoms with van der Waals surface area (Å²) in [5.74, 6) is -2.51. The first-order valence-corrected chi connectivity index (χ1v) is 11.3. The van der Waals surface area contributed by atoms with E-state index in [-0.39, 0.29) is 4.87 Å². The van der Waals surface area contributed by atoms with Crippen molar-refractivity contribution in [3.8, 4) is 11.3 Å². The molecule has 0 aliphatic carbocycles. The number of hydrogen-bond donors (Lipinski definition) is 3. The number of hydrogen-bond acceptors (Lipinski definition) is 5. The Hall–Kier alpha value is -3.20. The van der Waals surface area contributed by atoms with Gasteiger partial charge >= 0.3 is 16.8 Å². The van der Waals surface area contributed by atoms with Gasteiger partial charge in [0.1, 0.15) is 0 Å². The van der Waals surface area contributed by atoms with Crippen molar-refractivity contribution < 1.29 is 19.8 Å². The molecule has 0 saturated carbocycles. The van der Waals surface area contributed by atoms with E-state index in [9.17, 15) is 14.4 Å². The number of benzene rings is 2. The van der Waals surface area contributed by atoms with Crippen LogP contribution in [0.1, 0.15) is 10.4 Å². The van der Waals surface area contributed by atoms with E-state index in [1.165, 1.54) is 16.9 Å². The standard InChI is InChI=1S/C20H21ClN2OS.C4H4O4/c1-23(13-11-15-5-3-2-4-6-15)14-12-18-19(22-20(24)25-18)16-7-9-17(21)10-8-16;5-3(6)1-2-4(7)8/h2-10H,11-14H2,1H3,(H,22,24);1-2H,(H,5,6)(H,7,8)/b;2-1-. The summed E-state index contributed by atoms with van der Waals surface area (Å²) in [7, 11) is 2.13. The molecular formula is C24H25ClN2O5S. The third-order valence-electron chi connectivity index (χ3n) is 4.57. The number of H-pyrrole nitrogens is 1. The fourth-order valence-corrected chi connectivity index (χ4v) is 3.86. The second-order valence-corrected chi connectivity index (χ2v) is 8.62. The SMILES string of the molecule is CN(CCc1ccccc1)CCc1sc(=O)[nH]c1-c1ccc(Cl)cc1.O=C(O)/C=C\C(=O)O. The average Bonchev–Trinajstić information content (AvgIpc) is 3.17. The Morgan fingerprint density at radius 2 is 1.55 bits per heavy atom. The van der Waals surface area contributed by atoms with Crippen molar-refractivity contribution in [3.05, 3.63) is 91.9 Å². The Balaban J connectivity index is 0.000000414. The molecule has 0 fully saturated rings. The molecule has 0 radical (unpaired) electrons. The molecule has 0 spiro atoms. The van der Waals surface area contributed by atoms with Gasteiger partial charge in [0.2, 0.25) is 0 Å². The molecule has 0 atom stereocenters. The number of aliphatic carboxylic acids is 2. The highest BCUT2D eigenvalue weighted by Gasteiger charge is 2.11. The van der Waals surface area contributed by atoms with Crippen LogP contribution in [0.5, 0.6) is 0 Å². The molecule has 0 saturated heterocycles. The predicted molar refractivity (Wildman–Crippen MR) is 131 cm³/mol. The van der Waals surface area contributed by atoms with Crippen molar-refractivity contribution in [2.45, 2.75) is 12.8 Å². The first-order valence-electron chi connectivity index (χ1n) is 10.1. The van der Waals surface area contributed by atoms with Crippen LogP contribution in [-0.4, -0.2) is 52.2 Å². The molecule has 0 amide bonds. The fourth-order valence-electron chi connectivity index (χ4n) is 2.90. The van der Waals surface area contributed by atoms with Gasteiger partial charge in [0.05, 0.1) is 5.69 Å². The van der Waals surface area contributed by atoms with E-state index >= 15 is 0 Å². The lowest BCUT2D eigenvalue weighted by molar-refractivity contribution is -0.134. The Labute approximate surface area is 200 Å². The third kappa shape index (κ3) is 9.86. The van der Waals surface area contributed by atoms with Gasteiger partial charge in [-0.15, -0.1) is 0 Å². The lowest BCUT2D eigenvalue weighted by Crippen LogP contribution is -2.23. The average molecular weight is 489 g/mol. The molecule has 33 heavy (non-hydrogen) atoms. The molecule has 3 aromatic rings. The smallest absolute Gasteiger partial charge is 0.328 e. The molecule has 3 N–H and O–H groups in total. The van der Waals surface area contributed by atoms with Gasteiger partial charge in [-0.2, -0.15) is 0 Å². The highest BCUT2D eigenvalue weighted by molar-refractivity contribution is 7.09. The third-order valence-corrected chi connectivity index (χ3v) is 5.76. The maximum atomic E-state index is 11.8. The van der Waals surface area contributed by atoms with E-state index < -0.39 is 11.9 Å². The number of halogens is 1. The van der Waals surface area contributed by atoms with Crippen LogP contribution < -0.4 is 4.87 Å². The number of rotatable bonds is 9. The summed E-state index contributed by atoms with van der Waals surface area (Å²) in [6.07, 6.45) is 3.00. The summed E-state index contributed by atoms with van der Waals surface area (Å²) < 4.78 is 0. The molecule has 3 rings (SSSR count). The molecule has 7 nitrogen and oxygen atoms in total. The van der Waals surface area contributed by atoms with Crippen molar-refractivity contribution in [1.29, 1.82) is 0 Å². The lowest BCUT2D eigenvalue weighted by Gasteiger charge is -2.16. The second-order valence-electron chi connectivity index (χ2n) is 7.12. The number of carboxylic acid groups (broad SMARTS) is 2. The van der Waals surface area contributed by atoms with Crippen LogP contribution in [0, 0.1) is 0 Å². The van der Waals surface area contributed by atoms with Gasteiger partial charge in [0.15, 0.2) is 0 Å². The summed E-state index contributed by atoms with van der Waals surface area (Å²) in [5, 5.41) is 16.3. The zero-order valence-corrected chi connectivity index (χ0v) is 19.6. The van der Waals surface area contributed by atoms with Crippen molar-refractivity contribution in [2.75, 3.05) is 20.1 Å². The van der Waals surface area contributed by atoms with E-state index in [4.69, 9.17) is 21.8 Å². The van der Waals surface area contributed by atoms with Crippen molar-refractivity contribution in [1.82, 2.24) is 9.88 Å². The minimum absolute atomic E-state index is 0.00751. The zero-order valence-electron chi connectivity index (χ0n) is 18.0. The fraction of sp³-hybridized carbons (Fsp3) is 0.208. The number of aromatic nitrogens is 1. The molecule has 0 bridgehead atoms. The Morgan fingerprint density at radius 3 is 2.12 bits per heavy atom. The summed E-state index contributed by atoms with van der Waals surface area (Å²) in [4.78, 5) is 37.3. The zero-order chi connectivity index (χ0) is 24.2. The van der Waals surface area contributed by atoms with Gasteiger partial charge in [0.25, 0.3) is 0 Å². The van der Waals surface area contributed by atoms with Gasteiger partial charge in [-0.3, -0.25) is 4.79 Å². The van der Waals surface area contributed by atoms with Crippen LogP contribution in [0.3, 0.4) is 0 Å². The number of nitrogens with one attached hydrogen (secondary N) is 1. The molecule has 0 aliphatic rings. The van der Waals surface area contributed by atoms with Crippen molar-refractivity contribution in [3.63, 3.8) is 0 Å². The number of thiazole rings is 1. The quantitative estimate of drug-likeness (QED) is 0.389. The first kappa shape index (κ1) is 26.1. The molecule has 0 aliphatic heterocycles. The number of aromatic amines is 1. The topological polar surface area (TPSA) is 111 Å². The summed E-state index contributed by atoms with van der Waals surface area (Å²) >= 11 is 7.26. The summed E-state index contributed by atoms with van der Waals surface area (Å²) in [6, 6.07) is 18.1. The van der Waals surface area contributed by atoms with Crippen molar-refractivity contribution in [2.24, 2.45) is 0 Å². The number of carbonyl (C=O) groups is 2. The normalized spacial score (nSPS) is 10.8. The number of likely N-dealkylation sites (N-methyl/N-ethyl adjacent to an activating group) is 1. The molecule has 9 heteroatoms. The lowest BCUT2D eigenvalue weighted by atomic mass is 10.1. The van der Waals surface area contributed by atoms with Gasteiger partial charge in [0, 0.05) is 35.1 Å². The minimum atomic E-state index is -1.26. The largest absolute Gasteiger partial charge is 0.478 e. The van der Waals surface area contributed by atoms with Crippen molar-refractivity contribution >= 4 is 34.9 Å². The molecule has 0 unspecified atom stereocenters. The van der Waals surface area contributed by atoms with Crippen LogP contribution in [0.4, 0.5) is 0 Å². The van der Waals surface area contributed by atoms with Crippen LogP contribution in [0.15, 0.2) is 71.5 Å². The Morgan fingerprint density at radius 1 is 0.970 bits per heavy atom. The molecule has 1 heterocycles. The van der Waals surface area contributed by atoms with Crippen LogP contribution >= 0.6 is 22.9 Å². The van der Waals surface area contributed by atoms with E-state index in [1.807, 2.05) is 30.3 Å². The molecule has 1 aromatic heterocycles. The van der Waals surface area contributed by atoms with Crippen LogP contribution in [-0.2, 0) is 22.4 Å². The summed E-state index contributed by atoms with van der Waals surface area (Å²) in [6.45, 7) is 1.92. The van der Waals surface area contributed by atoms with Gasteiger partial charge in [-0.25, -0.2) is 9.59 Å². The van der Waals surface area contributed by atoms with Gasteiger partial charge < -0.3 is 20.1 Å². The Kier molecular flexibility index (Phi) is 10.6. The molecule has 2 aromatic carbocycles. The first-order chi connectivity index (χ1) is 15.7. The van der Waals surface area contributed by atoms with Gasteiger partial charge in [-0.1, -0.05) is 65.4 Å². The highest BCUT2D eigenvalue weighted by atomic mass is 35.5. The Bertz CT molecular complexity index is 1110. The van der Waals surface area contributed by atoms with Gasteiger partial charge in [-0.05, 0) is 43.1 Å². The number of nitrogens with zero attached hydrogens (tertiary/aromatic N) is 1. The van der Waals surface area contributed by atoms with E-state index in [1.54, 1.807) is 0 Å². The summed E-state index contributed by atoms with van der Waals surface area (Å²) in [5.41, 5.74) is 3.27. The molecule has 174 valence electrons.